The van der Waals surface area contributed by atoms with Crippen LogP contribution >= 0.6 is 27.5 Å². The standard InChI is InChI=1S/C16H13BrClN/c1-3-10-9(2)19-16-12-7-5-4-6-11(12)14(17)8-13(16)15(10)18/h4-8H,3H2,1-2H3. The van der Waals surface area contributed by atoms with E-state index in [1.807, 2.05) is 19.1 Å². The Labute approximate surface area is 125 Å². The molecule has 0 N–H and O–H groups in total. The number of aromatic nitrogens is 1. The average Bonchev–Trinajstić information content (AvgIpc) is 2.41. The van der Waals surface area contributed by atoms with Gasteiger partial charge in [0.1, 0.15) is 0 Å². The fourth-order valence-electron chi connectivity index (χ4n) is 2.57. The summed E-state index contributed by atoms with van der Waals surface area (Å²) < 4.78 is 1.06. The summed E-state index contributed by atoms with van der Waals surface area (Å²) in [5, 5.41) is 4.16. The zero-order valence-corrected chi connectivity index (χ0v) is 13.1. The molecule has 96 valence electrons. The van der Waals surface area contributed by atoms with Crippen LogP contribution in [0.3, 0.4) is 0 Å². The molecule has 0 aliphatic rings. The lowest BCUT2D eigenvalue weighted by molar-refractivity contribution is 1.07. The number of hydrogen-bond acceptors (Lipinski definition) is 1. The molecule has 1 aromatic heterocycles. The first-order chi connectivity index (χ1) is 9.13. The summed E-state index contributed by atoms with van der Waals surface area (Å²) in [5.74, 6) is 0. The third-order valence-corrected chi connectivity index (χ3v) is 4.62. The number of benzene rings is 2. The molecule has 3 aromatic rings. The molecule has 0 bridgehead atoms. The Kier molecular flexibility index (Phi) is 3.23. The highest BCUT2D eigenvalue weighted by atomic mass is 79.9. The number of fused-ring (bicyclic) bond motifs is 3. The van der Waals surface area contributed by atoms with E-state index in [9.17, 15) is 0 Å². The van der Waals surface area contributed by atoms with Crippen molar-refractivity contribution in [3.05, 3.63) is 51.1 Å². The fourth-order valence-corrected chi connectivity index (χ4v) is 3.56. The molecule has 0 amide bonds. The van der Waals surface area contributed by atoms with Crippen molar-refractivity contribution in [3.63, 3.8) is 0 Å². The maximum Gasteiger partial charge on any atom is 0.0799 e. The van der Waals surface area contributed by atoms with Gasteiger partial charge in [0.2, 0.25) is 0 Å². The third kappa shape index (κ3) is 1.94. The van der Waals surface area contributed by atoms with E-state index in [4.69, 9.17) is 16.6 Å². The van der Waals surface area contributed by atoms with E-state index in [2.05, 4.69) is 41.1 Å². The van der Waals surface area contributed by atoms with Gasteiger partial charge in [-0.2, -0.15) is 0 Å². The molecule has 0 unspecified atom stereocenters. The van der Waals surface area contributed by atoms with Crippen LogP contribution in [0.15, 0.2) is 34.8 Å². The first-order valence-corrected chi connectivity index (χ1v) is 7.46. The molecule has 0 fully saturated rings. The summed E-state index contributed by atoms with van der Waals surface area (Å²) in [5.41, 5.74) is 3.14. The smallest absolute Gasteiger partial charge is 0.0799 e. The van der Waals surface area contributed by atoms with Crippen molar-refractivity contribution in [2.24, 2.45) is 0 Å². The number of aryl methyl sites for hydroxylation is 1. The van der Waals surface area contributed by atoms with Crippen LogP contribution in [0.2, 0.25) is 5.02 Å². The second kappa shape index (κ2) is 4.77. The fraction of sp³-hybridized carbons (Fsp3) is 0.188. The summed E-state index contributed by atoms with van der Waals surface area (Å²) in [6.07, 6.45) is 0.901. The van der Waals surface area contributed by atoms with E-state index in [1.54, 1.807) is 0 Å². The normalized spacial score (nSPS) is 11.4. The van der Waals surface area contributed by atoms with Crippen molar-refractivity contribution in [1.82, 2.24) is 4.98 Å². The lowest BCUT2D eigenvalue weighted by Crippen LogP contribution is -1.95. The largest absolute Gasteiger partial charge is 0.252 e. The first kappa shape index (κ1) is 12.9. The second-order valence-corrected chi connectivity index (χ2v) is 5.88. The molecular weight excluding hydrogens is 322 g/mol. The lowest BCUT2D eigenvalue weighted by atomic mass is 10.0. The van der Waals surface area contributed by atoms with Crippen LogP contribution in [0.1, 0.15) is 18.2 Å². The molecule has 19 heavy (non-hydrogen) atoms. The summed E-state index contributed by atoms with van der Waals surface area (Å²) >= 11 is 10.2. The molecule has 2 aromatic carbocycles. The van der Waals surface area contributed by atoms with Gasteiger partial charge in [0.05, 0.1) is 10.5 Å². The van der Waals surface area contributed by atoms with Gasteiger partial charge in [-0.25, -0.2) is 0 Å². The van der Waals surface area contributed by atoms with Crippen LogP contribution in [0, 0.1) is 6.92 Å². The van der Waals surface area contributed by atoms with Crippen LogP contribution in [-0.4, -0.2) is 4.98 Å². The third-order valence-electron chi connectivity index (χ3n) is 3.54. The van der Waals surface area contributed by atoms with Crippen molar-refractivity contribution in [3.8, 4) is 0 Å². The molecule has 0 aliphatic heterocycles. The molecule has 0 saturated heterocycles. The van der Waals surface area contributed by atoms with Crippen LogP contribution in [0.4, 0.5) is 0 Å². The molecule has 3 rings (SSSR count). The van der Waals surface area contributed by atoms with E-state index in [0.717, 1.165) is 43.5 Å². The van der Waals surface area contributed by atoms with E-state index >= 15 is 0 Å². The molecule has 0 spiro atoms. The van der Waals surface area contributed by atoms with Gasteiger partial charge < -0.3 is 0 Å². The van der Waals surface area contributed by atoms with Crippen molar-refractivity contribution in [1.29, 1.82) is 0 Å². The van der Waals surface area contributed by atoms with Gasteiger partial charge in [0.15, 0.2) is 0 Å². The van der Waals surface area contributed by atoms with Gasteiger partial charge in [-0.3, -0.25) is 4.98 Å². The van der Waals surface area contributed by atoms with E-state index in [-0.39, 0.29) is 0 Å². The predicted octanol–water partition coefficient (Wildman–Crippen LogP) is 5.67. The topological polar surface area (TPSA) is 12.9 Å². The summed E-state index contributed by atoms with van der Waals surface area (Å²) in [6.45, 7) is 4.14. The second-order valence-electron chi connectivity index (χ2n) is 4.64. The van der Waals surface area contributed by atoms with Crippen molar-refractivity contribution < 1.29 is 0 Å². The molecule has 1 nitrogen and oxygen atoms in total. The van der Waals surface area contributed by atoms with Crippen LogP contribution in [-0.2, 0) is 6.42 Å². The Bertz CT molecular complexity index is 796. The highest BCUT2D eigenvalue weighted by Gasteiger charge is 2.13. The minimum absolute atomic E-state index is 0.830. The number of halogens is 2. The zero-order valence-electron chi connectivity index (χ0n) is 10.8. The van der Waals surface area contributed by atoms with Crippen LogP contribution in [0.5, 0.6) is 0 Å². The maximum atomic E-state index is 6.56. The molecule has 0 aliphatic carbocycles. The summed E-state index contributed by atoms with van der Waals surface area (Å²) in [4.78, 5) is 4.77. The number of pyridine rings is 1. The molecule has 0 saturated carbocycles. The molecular formula is C16H13BrClN. The quantitative estimate of drug-likeness (QED) is 0.522. The Morgan fingerprint density at radius 1 is 1.16 bits per heavy atom. The van der Waals surface area contributed by atoms with Crippen LogP contribution in [0.25, 0.3) is 21.7 Å². The Morgan fingerprint density at radius 3 is 2.53 bits per heavy atom. The van der Waals surface area contributed by atoms with Crippen LogP contribution < -0.4 is 0 Å². The van der Waals surface area contributed by atoms with Gasteiger partial charge in [-0.15, -0.1) is 0 Å². The van der Waals surface area contributed by atoms with E-state index in [0.29, 0.717) is 0 Å². The Hall–Kier alpha value is -1.12. The number of nitrogens with zero attached hydrogens (tertiary/aromatic N) is 1. The summed E-state index contributed by atoms with van der Waals surface area (Å²) in [6, 6.07) is 10.3. The molecule has 0 radical (unpaired) electrons. The van der Waals surface area contributed by atoms with Gasteiger partial charge in [-0.1, -0.05) is 58.7 Å². The van der Waals surface area contributed by atoms with E-state index < -0.39 is 0 Å². The van der Waals surface area contributed by atoms with Gasteiger partial charge in [0.25, 0.3) is 0 Å². The van der Waals surface area contributed by atoms with Crippen molar-refractivity contribution in [2.75, 3.05) is 0 Å². The Balaban J connectivity index is 2.58. The minimum atomic E-state index is 0.830. The van der Waals surface area contributed by atoms with E-state index in [1.165, 1.54) is 5.39 Å². The number of rotatable bonds is 1. The Morgan fingerprint density at radius 2 is 1.84 bits per heavy atom. The minimum Gasteiger partial charge on any atom is -0.252 e. The van der Waals surface area contributed by atoms with Gasteiger partial charge in [-0.05, 0) is 30.4 Å². The molecule has 3 heteroatoms. The highest BCUT2D eigenvalue weighted by Crippen LogP contribution is 2.36. The highest BCUT2D eigenvalue weighted by molar-refractivity contribution is 9.10. The van der Waals surface area contributed by atoms with Gasteiger partial charge in [0, 0.05) is 20.9 Å². The zero-order chi connectivity index (χ0) is 13.6. The van der Waals surface area contributed by atoms with Crippen molar-refractivity contribution >= 4 is 49.2 Å². The van der Waals surface area contributed by atoms with Gasteiger partial charge >= 0.3 is 0 Å². The maximum absolute atomic E-state index is 6.56. The summed E-state index contributed by atoms with van der Waals surface area (Å²) in [7, 11) is 0. The molecule has 0 atom stereocenters. The number of hydrogen-bond donors (Lipinski definition) is 0. The lowest BCUT2D eigenvalue weighted by Gasteiger charge is -2.12. The monoisotopic (exact) mass is 333 g/mol. The molecule has 1 heterocycles. The average molecular weight is 335 g/mol. The SMILES string of the molecule is CCc1c(C)nc2c(cc(Br)c3ccccc32)c1Cl. The first-order valence-electron chi connectivity index (χ1n) is 6.29. The predicted molar refractivity (Wildman–Crippen MR) is 86.1 cm³/mol. The van der Waals surface area contributed by atoms with Crippen molar-refractivity contribution in [2.45, 2.75) is 20.3 Å².